The number of ether oxygens (including phenoxy) is 3. The van der Waals surface area contributed by atoms with Crippen LogP contribution in [0.3, 0.4) is 0 Å². The Hall–Kier alpha value is -7.53. The molecule has 3 aromatic heterocycles. The van der Waals surface area contributed by atoms with Crippen molar-refractivity contribution >= 4 is 34.8 Å². The molecule has 0 unspecified atom stereocenters. The first kappa shape index (κ1) is 61.1. The average Bonchev–Trinajstić information content (AvgIpc) is 4.27. The highest BCUT2D eigenvalue weighted by Crippen LogP contribution is 2.24. The molecule has 3 amide bonds. The summed E-state index contributed by atoms with van der Waals surface area (Å²) in [5.41, 5.74) is 9.87. The minimum atomic E-state index is -0.0334. The van der Waals surface area contributed by atoms with Gasteiger partial charge in [-0.25, -0.2) is 14.0 Å². The fourth-order valence-electron chi connectivity index (χ4n) is 8.71. The lowest BCUT2D eigenvalue weighted by Crippen LogP contribution is -2.22. The maximum absolute atomic E-state index is 12.6. The Morgan fingerprint density at radius 1 is 0.395 bits per heavy atom. The van der Waals surface area contributed by atoms with Crippen molar-refractivity contribution in [2.45, 2.75) is 98.2 Å². The summed E-state index contributed by atoms with van der Waals surface area (Å²) >= 11 is 0. The summed E-state index contributed by atoms with van der Waals surface area (Å²) in [6, 6.07) is 29.3. The van der Waals surface area contributed by atoms with E-state index in [0.29, 0.717) is 75.8 Å². The molecular weight excluding hydrogens is 1030 g/mol. The maximum Gasteiger partial charge on any atom is 0.224 e. The van der Waals surface area contributed by atoms with Gasteiger partial charge < -0.3 is 46.1 Å². The number of rotatable bonds is 39. The molecule has 21 heteroatoms. The van der Waals surface area contributed by atoms with Crippen molar-refractivity contribution in [1.82, 2.24) is 60.9 Å². The predicted octanol–water partition coefficient (Wildman–Crippen LogP) is 7.81. The lowest BCUT2D eigenvalue weighted by Gasteiger charge is -2.10. The van der Waals surface area contributed by atoms with Crippen molar-refractivity contribution in [2.75, 3.05) is 94.9 Å². The quantitative estimate of drug-likeness (QED) is 0.0201. The van der Waals surface area contributed by atoms with Crippen LogP contribution in [0.1, 0.15) is 95.2 Å². The molecular formula is C60H81N15O6. The van der Waals surface area contributed by atoms with Crippen LogP contribution < -0.4 is 31.9 Å². The highest BCUT2D eigenvalue weighted by Gasteiger charge is 2.13. The summed E-state index contributed by atoms with van der Waals surface area (Å²) in [6.07, 6.45) is 12.2. The van der Waals surface area contributed by atoms with Crippen molar-refractivity contribution < 1.29 is 28.6 Å². The molecule has 6 N–H and O–H groups in total. The molecule has 4 aromatic carbocycles. The van der Waals surface area contributed by atoms with Crippen LogP contribution in [0.25, 0.3) is 33.8 Å². The van der Waals surface area contributed by atoms with E-state index in [1.54, 1.807) is 0 Å². The van der Waals surface area contributed by atoms with Gasteiger partial charge in [-0.3, -0.25) is 14.4 Å². The summed E-state index contributed by atoms with van der Waals surface area (Å²) in [6.45, 7) is 16.5. The van der Waals surface area contributed by atoms with Gasteiger partial charge in [-0.2, -0.15) is 0 Å². The third-order valence-corrected chi connectivity index (χ3v) is 12.7. The highest BCUT2D eigenvalue weighted by molar-refractivity contribution is 5.92. The van der Waals surface area contributed by atoms with Gasteiger partial charge >= 0.3 is 0 Å². The maximum atomic E-state index is 12.6. The monoisotopic (exact) mass is 1110 g/mol. The lowest BCUT2D eigenvalue weighted by atomic mass is 10.0. The average molecular weight is 1110 g/mol. The molecule has 0 aliphatic heterocycles. The number of nitrogens with one attached hydrogen (secondary N) is 6. The van der Waals surface area contributed by atoms with E-state index in [-0.39, 0.29) is 17.7 Å². The molecule has 0 aliphatic carbocycles. The molecule has 432 valence electrons. The molecule has 7 rings (SSSR count). The second-order valence-electron chi connectivity index (χ2n) is 19.8. The number of hydrogen-bond acceptors (Lipinski definition) is 15. The van der Waals surface area contributed by atoms with Crippen LogP contribution in [0.5, 0.6) is 0 Å². The molecule has 0 bridgehead atoms. The highest BCUT2D eigenvalue weighted by atomic mass is 16.5. The third-order valence-electron chi connectivity index (χ3n) is 12.7. The third kappa shape index (κ3) is 22.1. The van der Waals surface area contributed by atoms with Gasteiger partial charge in [0.1, 0.15) is 17.1 Å². The Labute approximate surface area is 475 Å². The second kappa shape index (κ2) is 34.6. The summed E-state index contributed by atoms with van der Waals surface area (Å²) in [5, 5.41) is 46.0. The molecule has 3 heterocycles. The number of amides is 3. The smallest absolute Gasteiger partial charge is 0.224 e. The van der Waals surface area contributed by atoms with Crippen LogP contribution >= 0.6 is 0 Å². The Morgan fingerprint density at radius 2 is 0.679 bits per heavy atom. The van der Waals surface area contributed by atoms with Crippen molar-refractivity contribution in [3.05, 3.63) is 126 Å². The van der Waals surface area contributed by atoms with Crippen molar-refractivity contribution in [2.24, 2.45) is 0 Å². The Bertz CT molecular complexity index is 2620. The number of hydrogen-bond donors (Lipinski definition) is 6. The van der Waals surface area contributed by atoms with E-state index in [2.05, 4.69) is 102 Å². The van der Waals surface area contributed by atoms with Gasteiger partial charge in [0, 0.05) is 92.5 Å². The fraction of sp³-hybridized carbons (Fsp3) is 0.450. The number of carbonyl (C=O) groups is 3. The molecule has 0 aliphatic rings. The van der Waals surface area contributed by atoms with Gasteiger partial charge in [0.05, 0.1) is 58.0 Å². The van der Waals surface area contributed by atoms with Gasteiger partial charge in [0.15, 0.2) is 0 Å². The molecule has 7 aromatic rings. The number of nitrogens with zero attached hydrogens (tertiary/aromatic N) is 9. The zero-order chi connectivity index (χ0) is 56.7. The van der Waals surface area contributed by atoms with Crippen LogP contribution in [-0.2, 0) is 48.2 Å². The zero-order valence-electron chi connectivity index (χ0n) is 47.3. The summed E-state index contributed by atoms with van der Waals surface area (Å²) < 4.78 is 21.9. The Morgan fingerprint density at radius 3 is 0.951 bits per heavy atom. The number of anilines is 3. The van der Waals surface area contributed by atoms with Crippen molar-refractivity contribution in [3.63, 3.8) is 0 Å². The first-order chi connectivity index (χ1) is 39.7. The molecule has 81 heavy (non-hydrogen) atoms. The van der Waals surface area contributed by atoms with Crippen LogP contribution in [0, 0.1) is 0 Å². The van der Waals surface area contributed by atoms with E-state index < -0.39 is 0 Å². The summed E-state index contributed by atoms with van der Waals surface area (Å²) in [5.74, 6) is -0.100. The molecule has 0 saturated carbocycles. The Balaban J connectivity index is 0.971. The lowest BCUT2D eigenvalue weighted by molar-refractivity contribution is -0.117. The van der Waals surface area contributed by atoms with Gasteiger partial charge in [-0.15, -0.1) is 15.3 Å². The van der Waals surface area contributed by atoms with Gasteiger partial charge in [0.2, 0.25) is 17.7 Å². The summed E-state index contributed by atoms with van der Waals surface area (Å²) in [7, 11) is 0. The predicted molar refractivity (Wildman–Crippen MR) is 316 cm³/mol. The standard InChI is InChI=1S/C60H81N15O6/c1-4-31-79-34-28-61-25-7-10-58(76)64-52-19-13-49(14-20-52)55-43-73(70-67-55)40-46-37-47(41-74-44-56(68-71-74)50-15-21-53(22-16-50)65-59(77)11-8-26-62-29-35-80-32-5-2)39-48(38-46)42-75-45-57(69-72-75)51-17-23-54(24-18-51)66-60(78)12-9-27-63-30-36-81-33-6-3/h13-24,37-39,43-45,61-63H,4-12,25-36,40-42H2,1-3H3,(H,64,76)(H,65,77)(H,66,78). The zero-order valence-corrected chi connectivity index (χ0v) is 47.3. The molecule has 21 nitrogen and oxygen atoms in total. The van der Waals surface area contributed by atoms with Gasteiger partial charge in [-0.05, 0) is 111 Å². The fourth-order valence-corrected chi connectivity index (χ4v) is 8.71. The van der Waals surface area contributed by atoms with Crippen LogP contribution in [-0.4, -0.2) is 142 Å². The van der Waals surface area contributed by atoms with E-state index in [1.165, 1.54) is 0 Å². The van der Waals surface area contributed by atoms with Crippen molar-refractivity contribution in [1.29, 1.82) is 0 Å². The first-order valence-corrected chi connectivity index (χ1v) is 28.6. The van der Waals surface area contributed by atoms with E-state index in [1.807, 2.05) is 105 Å². The van der Waals surface area contributed by atoms with Crippen LogP contribution in [0.15, 0.2) is 110 Å². The number of benzene rings is 4. The van der Waals surface area contributed by atoms with Crippen LogP contribution in [0.4, 0.5) is 17.1 Å². The molecule has 0 radical (unpaired) electrons. The molecule has 0 saturated heterocycles. The minimum absolute atomic E-state index is 0.0334. The SMILES string of the molecule is CCCOCCNCCCC(=O)Nc1ccc(-c2cn(Cc3cc(Cn4cc(-c5ccc(NC(=O)CCCNCCOCCC)cc5)nn4)cc(Cn4cc(-c5ccc(NC(=O)CCCNCCOCCC)cc5)nn4)c3)nn2)cc1. The normalized spacial score (nSPS) is 11.3. The topological polar surface area (TPSA) is 243 Å². The Kier molecular flexibility index (Phi) is 26.1. The van der Waals surface area contributed by atoms with Crippen molar-refractivity contribution in [3.8, 4) is 33.8 Å². The molecule has 0 spiro atoms. The van der Waals surface area contributed by atoms with Gasteiger partial charge in [0.25, 0.3) is 0 Å². The first-order valence-electron chi connectivity index (χ1n) is 28.6. The van der Waals surface area contributed by atoms with E-state index >= 15 is 0 Å². The largest absolute Gasteiger partial charge is 0.380 e. The minimum Gasteiger partial charge on any atom is -0.380 e. The van der Waals surface area contributed by atoms with Crippen LogP contribution in [0.2, 0.25) is 0 Å². The molecule has 0 fully saturated rings. The van der Waals surface area contributed by atoms with Gasteiger partial charge in [-0.1, -0.05) is 91.0 Å². The second-order valence-corrected chi connectivity index (χ2v) is 19.8. The summed E-state index contributed by atoms with van der Waals surface area (Å²) in [4.78, 5) is 37.9. The van der Waals surface area contributed by atoms with E-state index in [4.69, 9.17) is 14.2 Å². The van der Waals surface area contributed by atoms with E-state index in [0.717, 1.165) is 148 Å². The molecule has 0 atom stereocenters. The number of carbonyl (C=O) groups excluding carboxylic acids is 3. The number of aromatic nitrogens is 9. The van der Waals surface area contributed by atoms with E-state index in [9.17, 15) is 14.4 Å².